The van der Waals surface area contributed by atoms with E-state index >= 15 is 0 Å². The van der Waals surface area contributed by atoms with Gasteiger partial charge in [-0.15, -0.1) is 5.10 Å². The fourth-order valence-corrected chi connectivity index (χ4v) is 2.66. The molecule has 2 N–H and O–H groups in total. The molecular weight excluding hydrogens is 345 g/mol. The standard InChI is InChI=1S/C17H15Cl2N5/c1-11-5-2-3-6-12(11)9-20-15-10-21-24-17(22-15)23-16-13(18)7-4-8-14(16)19/h2-8,10H,9H2,1H3,(H2,20,22,23,24). The van der Waals surface area contributed by atoms with Crippen molar-refractivity contribution in [3.63, 3.8) is 0 Å². The highest BCUT2D eigenvalue weighted by Crippen LogP contribution is 2.31. The summed E-state index contributed by atoms with van der Waals surface area (Å²) in [7, 11) is 0. The van der Waals surface area contributed by atoms with Crippen LogP contribution < -0.4 is 10.6 Å². The number of halogens is 2. The van der Waals surface area contributed by atoms with Crippen LogP contribution in [0.2, 0.25) is 10.0 Å². The number of para-hydroxylation sites is 1. The normalized spacial score (nSPS) is 10.5. The predicted octanol–water partition coefficient (Wildman–Crippen LogP) is 4.84. The summed E-state index contributed by atoms with van der Waals surface area (Å²) in [5.74, 6) is 0.929. The van der Waals surface area contributed by atoms with Crippen molar-refractivity contribution in [2.24, 2.45) is 0 Å². The van der Waals surface area contributed by atoms with Crippen LogP contribution >= 0.6 is 23.2 Å². The maximum Gasteiger partial charge on any atom is 0.249 e. The monoisotopic (exact) mass is 359 g/mol. The SMILES string of the molecule is Cc1ccccc1CNc1cnnc(Nc2c(Cl)cccc2Cl)n1. The first kappa shape index (κ1) is 16.5. The summed E-state index contributed by atoms with van der Waals surface area (Å²) < 4.78 is 0. The average Bonchev–Trinajstić information content (AvgIpc) is 2.58. The number of hydrogen-bond donors (Lipinski definition) is 2. The predicted molar refractivity (Wildman–Crippen MR) is 98.1 cm³/mol. The number of hydrogen-bond acceptors (Lipinski definition) is 5. The lowest BCUT2D eigenvalue weighted by Crippen LogP contribution is -2.06. The Morgan fingerprint density at radius 1 is 1.00 bits per heavy atom. The van der Waals surface area contributed by atoms with Gasteiger partial charge in [0.2, 0.25) is 5.95 Å². The minimum Gasteiger partial charge on any atom is -0.365 e. The molecule has 0 radical (unpaired) electrons. The van der Waals surface area contributed by atoms with Crippen LogP contribution in [0, 0.1) is 6.92 Å². The van der Waals surface area contributed by atoms with E-state index in [0.29, 0.717) is 34.0 Å². The van der Waals surface area contributed by atoms with Gasteiger partial charge in [0.1, 0.15) is 0 Å². The van der Waals surface area contributed by atoms with Crippen molar-refractivity contribution in [2.45, 2.75) is 13.5 Å². The van der Waals surface area contributed by atoms with Crippen LogP contribution in [0.5, 0.6) is 0 Å². The van der Waals surface area contributed by atoms with E-state index in [2.05, 4.69) is 44.9 Å². The first-order valence-electron chi connectivity index (χ1n) is 7.32. The van der Waals surface area contributed by atoms with E-state index in [-0.39, 0.29) is 0 Å². The first-order valence-corrected chi connectivity index (χ1v) is 8.08. The molecule has 0 spiro atoms. The molecule has 122 valence electrons. The molecule has 24 heavy (non-hydrogen) atoms. The van der Waals surface area contributed by atoms with Gasteiger partial charge in [0.25, 0.3) is 0 Å². The van der Waals surface area contributed by atoms with Crippen molar-refractivity contribution in [3.05, 3.63) is 69.8 Å². The number of aryl methyl sites for hydroxylation is 1. The smallest absolute Gasteiger partial charge is 0.249 e. The Bertz CT molecular complexity index is 834. The second-order valence-corrected chi connectivity index (χ2v) is 5.98. The highest BCUT2D eigenvalue weighted by molar-refractivity contribution is 6.39. The third kappa shape index (κ3) is 3.93. The van der Waals surface area contributed by atoms with E-state index in [0.717, 1.165) is 0 Å². The van der Waals surface area contributed by atoms with Crippen LogP contribution in [0.1, 0.15) is 11.1 Å². The second-order valence-electron chi connectivity index (χ2n) is 5.17. The molecule has 1 heterocycles. The minimum atomic E-state index is 0.319. The fourth-order valence-electron chi connectivity index (χ4n) is 2.16. The fraction of sp³-hybridized carbons (Fsp3) is 0.118. The van der Waals surface area contributed by atoms with E-state index in [1.54, 1.807) is 24.4 Å². The lowest BCUT2D eigenvalue weighted by atomic mass is 10.1. The quantitative estimate of drug-likeness (QED) is 0.682. The molecule has 0 aliphatic carbocycles. The van der Waals surface area contributed by atoms with E-state index in [4.69, 9.17) is 23.2 Å². The van der Waals surface area contributed by atoms with Gasteiger partial charge in [-0.1, -0.05) is 53.5 Å². The summed E-state index contributed by atoms with van der Waals surface area (Å²) in [5, 5.41) is 15.1. The Labute approximate surface area is 150 Å². The van der Waals surface area contributed by atoms with Gasteiger partial charge in [0.15, 0.2) is 5.82 Å². The summed E-state index contributed by atoms with van der Waals surface area (Å²) in [4.78, 5) is 4.38. The number of anilines is 3. The van der Waals surface area contributed by atoms with Crippen molar-refractivity contribution < 1.29 is 0 Å². The van der Waals surface area contributed by atoms with Gasteiger partial charge >= 0.3 is 0 Å². The third-order valence-electron chi connectivity index (χ3n) is 3.48. The van der Waals surface area contributed by atoms with Crippen molar-refractivity contribution in [1.82, 2.24) is 15.2 Å². The average molecular weight is 360 g/mol. The van der Waals surface area contributed by atoms with Crippen LogP contribution in [-0.2, 0) is 6.54 Å². The largest absolute Gasteiger partial charge is 0.365 e. The molecule has 0 saturated carbocycles. The van der Waals surface area contributed by atoms with Crippen LogP contribution in [0.3, 0.4) is 0 Å². The number of rotatable bonds is 5. The highest BCUT2D eigenvalue weighted by Gasteiger charge is 2.08. The summed E-state index contributed by atoms with van der Waals surface area (Å²) in [6.45, 7) is 2.72. The van der Waals surface area contributed by atoms with Gasteiger partial charge in [0, 0.05) is 6.54 Å². The molecule has 0 saturated heterocycles. The van der Waals surface area contributed by atoms with Crippen molar-refractivity contribution >= 4 is 40.7 Å². The first-order chi connectivity index (χ1) is 11.6. The number of aromatic nitrogens is 3. The number of benzene rings is 2. The van der Waals surface area contributed by atoms with Gasteiger partial charge < -0.3 is 10.6 Å². The number of nitrogens with one attached hydrogen (secondary N) is 2. The molecule has 1 aromatic heterocycles. The molecule has 0 amide bonds. The lowest BCUT2D eigenvalue weighted by molar-refractivity contribution is 0.964. The van der Waals surface area contributed by atoms with Crippen LogP contribution in [-0.4, -0.2) is 15.2 Å². The van der Waals surface area contributed by atoms with Gasteiger partial charge in [-0.05, 0) is 30.2 Å². The topological polar surface area (TPSA) is 62.7 Å². The molecule has 0 atom stereocenters. The van der Waals surface area contributed by atoms with Crippen LogP contribution in [0.25, 0.3) is 0 Å². The third-order valence-corrected chi connectivity index (χ3v) is 4.11. The van der Waals surface area contributed by atoms with E-state index in [1.165, 1.54) is 11.1 Å². The Kier molecular flexibility index (Phi) is 5.13. The van der Waals surface area contributed by atoms with E-state index in [1.807, 2.05) is 12.1 Å². The molecule has 0 bridgehead atoms. The molecule has 2 aromatic carbocycles. The van der Waals surface area contributed by atoms with E-state index < -0.39 is 0 Å². The van der Waals surface area contributed by atoms with E-state index in [9.17, 15) is 0 Å². The molecule has 5 nitrogen and oxygen atoms in total. The molecule has 3 rings (SSSR count). The Balaban J connectivity index is 1.74. The zero-order chi connectivity index (χ0) is 16.9. The summed E-state index contributed by atoms with van der Waals surface area (Å²) in [6.07, 6.45) is 1.57. The summed E-state index contributed by atoms with van der Waals surface area (Å²) >= 11 is 12.3. The van der Waals surface area contributed by atoms with Gasteiger partial charge in [-0.25, -0.2) is 0 Å². The van der Waals surface area contributed by atoms with Crippen molar-refractivity contribution in [2.75, 3.05) is 10.6 Å². The van der Waals surface area contributed by atoms with Gasteiger partial charge in [-0.2, -0.15) is 10.1 Å². The number of nitrogens with zero attached hydrogens (tertiary/aromatic N) is 3. The highest BCUT2D eigenvalue weighted by atomic mass is 35.5. The Morgan fingerprint density at radius 2 is 1.75 bits per heavy atom. The molecule has 3 aromatic rings. The minimum absolute atomic E-state index is 0.319. The summed E-state index contributed by atoms with van der Waals surface area (Å²) in [6, 6.07) is 13.4. The zero-order valence-electron chi connectivity index (χ0n) is 12.9. The van der Waals surface area contributed by atoms with Crippen LogP contribution in [0.4, 0.5) is 17.5 Å². The Morgan fingerprint density at radius 3 is 2.50 bits per heavy atom. The maximum absolute atomic E-state index is 6.14. The van der Waals surface area contributed by atoms with Crippen molar-refractivity contribution in [3.8, 4) is 0 Å². The Hall–Kier alpha value is -2.37. The molecule has 0 fully saturated rings. The molecule has 0 aliphatic rings. The second kappa shape index (κ2) is 7.47. The molecule has 7 heteroatoms. The van der Waals surface area contributed by atoms with Gasteiger partial charge in [0.05, 0.1) is 21.9 Å². The molecule has 0 aliphatic heterocycles. The zero-order valence-corrected chi connectivity index (χ0v) is 14.4. The van der Waals surface area contributed by atoms with Crippen LogP contribution in [0.15, 0.2) is 48.7 Å². The lowest BCUT2D eigenvalue weighted by Gasteiger charge is -2.10. The van der Waals surface area contributed by atoms with Gasteiger partial charge in [-0.3, -0.25) is 0 Å². The molecular formula is C17H15Cl2N5. The summed E-state index contributed by atoms with van der Waals surface area (Å²) in [5.41, 5.74) is 2.96. The molecule has 0 unspecified atom stereocenters. The van der Waals surface area contributed by atoms with Crippen molar-refractivity contribution in [1.29, 1.82) is 0 Å². The maximum atomic E-state index is 6.14.